The predicted octanol–water partition coefficient (Wildman–Crippen LogP) is 0.792. The van der Waals surface area contributed by atoms with Crippen molar-refractivity contribution in [3.8, 4) is 0 Å². The second-order valence-electron chi connectivity index (χ2n) is 4.87. The molecule has 1 aromatic rings. The number of pyridine rings is 1. The van der Waals surface area contributed by atoms with Crippen LogP contribution in [0.2, 0.25) is 0 Å². The summed E-state index contributed by atoms with van der Waals surface area (Å²) in [6, 6.07) is 6.33. The van der Waals surface area contributed by atoms with Crippen LogP contribution in [0.5, 0.6) is 0 Å². The van der Waals surface area contributed by atoms with E-state index < -0.39 is 0 Å². The maximum atomic E-state index is 12.3. The molecule has 4 nitrogen and oxygen atoms in total. The lowest BCUT2D eigenvalue weighted by Gasteiger charge is -2.32. The van der Waals surface area contributed by atoms with Crippen molar-refractivity contribution in [1.29, 1.82) is 0 Å². The van der Waals surface area contributed by atoms with Gasteiger partial charge in [0.1, 0.15) is 0 Å². The van der Waals surface area contributed by atoms with E-state index in [1.165, 1.54) is 0 Å². The summed E-state index contributed by atoms with van der Waals surface area (Å²) in [5.74, 6) is 0.496. The van der Waals surface area contributed by atoms with Crippen LogP contribution in [0.4, 0.5) is 0 Å². The van der Waals surface area contributed by atoms with Gasteiger partial charge >= 0.3 is 0 Å². The van der Waals surface area contributed by atoms with E-state index in [0.29, 0.717) is 18.5 Å². The van der Waals surface area contributed by atoms with Crippen LogP contribution in [0.1, 0.15) is 18.5 Å². The summed E-state index contributed by atoms with van der Waals surface area (Å²) in [5.41, 5.74) is 0.986. The van der Waals surface area contributed by atoms with Crippen LogP contribution in [0.15, 0.2) is 24.4 Å². The molecule has 1 N–H and O–H groups in total. The molecule has 1 amide bonds. The summed E-state index contributed by atoms with van der Waals surface area (Å²) >= 11 is 0. The fourth-order valence-corrected chi connectivity index (χ4v) is 2.14. The van der Waals surface area contributed by atoms with Gasteiger partial charge in [-0.15, -0.1) is 0 Å². The van der Waals surface area contributed by atoms with Gasteiger partial charge in [0, 0.05) is 25.3 Å². The topological polar surface area (TPSA) is 45.2 Å². The smallest absolute Gasteiger partial charge is 0.228 e. The van der Waals surface area contributed by atoms with Crippen LogP contribution in [0.3, 0.4) is 0 Å². The Kier molecular flexibility index (Phi) is 2.81. The van der Waals surface area contributed by atoms with Gasteiger partial charge in [-0.25, -0.2) is 0 Å². The number of carbonyl (C=O) groups excluding carboxylic acids is 1. The minimum Gasteiger partial charge on any atom is -0.333 e. The van der Waals surface area contributed by atoms with Gasteiger partial charge in [0.25, 0.3) is 0 Å². The van der Waals surface area contributed by atoms with Crippen LogP contribution in [-0.2, 0) is 11.3 Å². The van der Waals surface area contributed by atoms with Crippen molar-refractivity contribution in [2.45, 2.75) is 25.4 Å². The summed E-state index contributed by atoms with van der Waals surface area (Å²) in [6.07, 6.45) is 4.09. The highest BCUT2D eigenvalue weighted by atomic mass is 16.2. The predicted molar refractivity (Wildman–Crippen MR) is 64.2 cm³/mol. The quantitative estimate of drug-likeness (QED) is 0.833. The molecule has 17 heavy (non-hydrogen) atoms. The zero-order chi connectivity index (χ0) is 11.7. The number of hydrogen-bond acceptors (Lipinski definition) is 3. The van der Waals surface area contributed by atoms with Crippen LogP contribution < -0.4 is 5.32 Å². The fourth-order valence-electron chi connectivity index (χ4n) is 2.14. The Bertz CT molecular complexity index is 398. The van der Waals surface area contributed by atoms with Gasteiger partial charge in [0.05, 0.1) is 18.2 Å². The number of nitrogens with zero attached hydrogens (tertiary/aromatic N) is 2. The van der Waals surface area contributed by atoms with Crippen molar-refractivity contribution in [2.24, 2.45) is 5.92 Å². The third-order valence-electron chi connectivity index (χ3n) is 3.46. The van der Waals surface area contributed by atoms with E-state index in [4.69, 9.17) is 0 Å². The van der Waals surface area contributed by atoms with Crippen molar-refractivity contribution in [2.75, 3.05) is 13.1 Å². The molecule has 4 heteroatoms. The van der Waals surface area contributed by atoms with Crippen molar-refractivity contribution in [1.82, 2.24) is 15.2 Å². The number of carbonyl (C=O) groups is 1. The molecule has 0 unspecified atom stereocenters. The van der Waals surface area contributed by atoms with Gasteiger partial charge < -0.3 is 10.2 Å². The first kappa shape index (κ1) is 10.7. The summed E-state index contributed by atoms with van der Waals surface area (Å²) in [6.45, 7) is 2.34. The summed E-state index contributed by atoms with van der Waals surface area (Å²) < 4.78 is 0. The average molecular weight is 231 g/mol. The molecular weight excluding hydrogens is 214 g/mol. The van der Waals surface area contributed by atoms with Gasteiger partial charge in [0.2, 0.25) is 5.91 Å². The van der Waals surface area contributed by atoms with Crippen LogP contribution >= 0.6 is 0 Å². The molecule has 1 saturated carbocycles. The Morgan fingerprint density at radius 2 is 2.24 bits per heavy atom. The Morgan fingerprint density at radius 1 is 1.41 bits per heavy atom. The summed E-state index contributed by atoms with van der Waals surface area (Å²) in [5, 5.41) is 3.16. The van der Waals surface area contributed by atoms with Gasteiger partial charge in [-0.3, -0.25) is 9.78 Å². The first-order valence-electron chi connectivity index (χ1n) is 6.25. The van der Waals surface area contributed by atoms with E-state index in [1.807, 2.05) is 23.1 Å². The number of hydrogen-bond donors (Lipinski definition) is 1. The van der Waals surface area contributed by atoms with Gasteiger partial charge in [-0.1, -0.05) is 6.07 Å². The van der Waals surface area contributed by atoms with Crippen molar-refractivity contribution >= 4 is 5.91 Å². The lowest BCUT2D eigenvalue weighted by molar-refractivity contribution is -0.138. The third-order valence-corrected chi connectivity index (χ3v) is 3.46. The van der Waals surface area contributed by atoms with Crippen molar-refractivity contribution < 1.29 is 4.79 Å². The SMILES string of the molecule is O=C(C1CNC1)N(Cc1ccccn1)C1CC1. The lowest BCUT2D eigenvalue weighted by Crippen LogP contribution is -2.52. The molecular formula is C13H17N3O. The van der Waals surface area contributed by atoms with Crippen molar-refractivity contribution in [3.63, 3.8) is 0 Å². The molecule has 0 atom stereocenters. The zero-order valence-electron chi connectivity index (χ0n) is 9.80. The van der Waals surface area contributed by atoms with E-state index in [2.05, 4.69) is 10.3 Å². The molecule has 2 aliphatic rings. The molecule has 1 aliphatic carbocycles. The highest BCUT2D eigenvalue weighted by Crippen LogP contribution is 2.29. The fraction of sp³-hybridized carbons (Fsp3) is 0.538. The van der Waals surface area contributed by atoms with Crippen LogP contribution in [-0.4, -0.2) is 34.9 Å². The molecule has 2 heterocycles. The molecule has 1 aliphatic heterocycles. The first-order valence-corrected chi connectivity index (χ1v) is 6.25. The molecule has 0 bridgehead atoms. The molecule has 0 radical (unpaired) electrons. The Labute approximate surface area is 101 Å². The van der Waals surface area contributed by atoms with E-state index >= 15 is 0 Å². The minimum absolute atomic E-state index is 0.194. The second kappa shape index (κ2) is 4.45. The highest BCUT2D eigenvalue weighted by Gasteiger charge is 2.37. The molecule has 3 rings (SSSR count). The maximum absolute atomic E-state index is 12.3. The van der Waals surface area contributed by atoms with E-state index in [1.54, 1.807) is 6.20 Å². The zero-order valence-corrected chi connectivity index (χ0v) is 9.80. The monoisotopic (exact) mass is 231 g/mol. The summed E-state index contributed by atoms with van der Waals surface area (Å²) in [4.78, 5) is 18.6. The number of amides is 1. The minimum atomic E-state index is 0.194. The molecule has 1 saturated heterocycles. The van der Waals surface area contributed by atoms with Gasteiger partial charge in [-0.2, -0.15) is 0 Å². The molecule has 0 spiro atoms. The van der Waals surface area contributed by atoms with Crippen molar-refractivity contribution in [3.05, 3.63) is 30.1 Å². The molecule has 2 fully saturated rings. The molecule has 1 aromatic heterocycles. The Hall–Kier alpha value is -1.42. The average Bonchev–Trinajstić information content (AvgIpc) is 3.08. The molecule has 0 aromatic carbocycles. The second-order valence-corrected chi connectivity index (χ2v) is 4.87. The number of rotatable bonds is 4. The number of nitrogens with one attached hydrogen (secondary N) is 1. The van der Waals surface area contributed by atoms with Gasteiger partial charge in [0.15, 0.2) is 0 Å². The highest BCUT2D eigenvalue weighted by molar-refractivity contribution is 5.80. The van der Waals surface area contributed by atoms with E-state index in [-0.39, 0.29) is 5.92 Å². The number of aromatic nitrogens is 1. The normalized spacial score (nSPS) is 19.8. The van der Waals surface area contributed by atoms with Crippen LogP contribution in [0.25, 0.3) is 0 Å². The van der Waals surface area contributed by atoms with E-state index in [0.717, 1.165) is 31.6 Å². The molecule has 90 valence electrons. The maximum Gasteiger partial charge on any atom is 0.228 e. The van der Waals surface area contributed by atoms with Gasteiger partial charge in [-0.05, 0) is 25.0 Å². The first-order chi connectivity index (χ1) is 8.34. The lowest BCUT2D eigenvalue weighted by atomic mass is 10.0. The summed E-state index contributed by atoms with van der Waals surface area (Å²) in [7, 11) is 0. The Morgan fingerprint density at radius 3 is 2.76 bits per heavy atom. The standard InChI is InChI=1S/C13H17N3O/c17-13(10-7-14-8-10)16(12-4-5-12)9-11-3-1-2-6-15-11/h1-3,6,10,12,14H,4-5,7-9H2. The van der Waals surface area contributed by atoms with E-state index in [9.17, 15) is 4.79 Å². The third kappa shape index (κ3) is 2.31. The largest absolute Gasteiger partial charge is 0.333 e. The van der Waals surface area contributed by atoms with Crippen LogP contribution in [0, 0.1) is 5.92 Å². The Balaban J connectivity index is 1.69.